The summed E-state index contributed by atoms with van der Waals surface area (Å²) < 4.78 is 13.7. The molecule has 114 valence electrons. The predicted molar refractivity (Wildman–Crippen MR) is 83.2 cm³/mol. The van der Waals surface area contributed by atoms with Gasteiger partial charge in [-0.1, -0.05) is 0 Å². The maximum atomic E-state index is 13.7. The third-order valence-corrected chi connectivity index (χ3v) is 4.02. The first-order chi connectivity index (χ1) is 10.4. The minimum atomic E-state index is -0.518. The van der Waals surface area contributed by atoms with Gasteiger partial charge in [0.05, 0.1) is 23.2 Å². The first kappa shape index (κ1) is 15.9. The van der Waals surface area contributed by atoms with Crippen molar-refractivity contribution in [3.8, 4) is 6.07 Å². The standard InChI is InChI=1S/C15H15FN4OS/c1-9-13(16)4-11(6-17)5-14(9)19-15(21)20(3)8-12-7-18-10(2)22-12/h4-5,7H,8H2,1-3H3,(H,19,21). The van der Waals surface area contributed by atoms with Crippen LogP contribution in [-0.2, 0) is 6.54 Å². The van der Waals surface area contributed by atoms with Crippen LogP contribution in [0, 0.1) is 31.0 Å². The van der Waals surface area contributed by atoms with Crippen LogP contribution >= 0.6 is 11.3 Å². The van der Waals surface area contributed by atoms with E-state index in [1.807, 2.05) is 13.0 Å². The lowest BCUT2D eigenvalue weighted by atomic mass is 10.1. The average molecular weight is 318 g/mol. The van der Waals surface area contributed by atoms with Crippen LogP contribution in [0.5, 0.6) is 0 Å². The Morgan fingerprint density at radius 1 is 1.50 bits per heavy atom. The van der Waals surface area contributed by atoms with Crippen molar-refractivity contribution in [3.05, 3.63) is 45.2 Å². The van der Waals surface area contributed by atoms with Crippen LogP contribution in [0.1, 0.15) is 21.0 Å². The predicted octanol–water partition coefficient (Wildman–Crippen LogP) is 3.43. The third-order valence-electron chi connectivity index (χ3n) is 3.12. The number of aromatic nitrogens is 1. The van der Waals surface area contributed by atoms with Crippen LogP contribution in [0.2, 0.25) is 0 Å². The summed E-state index contributed by atoms with van der Waals surface area (Å²) in [7, 11) is 1.64. The summed E-state index contributed by atoms with van der Waals surface area (Å²) in [4.78, 5) is 18.8. The number of hydrogen-bond acceptors (Lipinski definition) is 4. The zero-order valence-electron chi connectivity index (χ0n) is 12.5. The number of anilines is 1. The van der Waals surface area contributed by atoms with E-state index in [4.69, 9.17) is 5.26 Å². The molecule has 0 saturated carbocycles. The van der Waals surface area contributed by atoms with Crippen LogP contribution in [0.4, 0.5) is 14.9 Å². The summed E-state index contributed by atoms with van der Waals surface area (Å²) in [6.07, 6.45) is 1.73. The van der Waals surface area contributed by atoms with Crippen molar-refractivity contribution in [2.45, 2.75) is 20.4 Å². The summed E-state index contributed by atoms with van der Waals surface area (Å²) in [6.45, 7) is 3.86. The molecule has 0 aliphatic rings. The molecule has 0 aliphatic heterocycles. The second-order valence-corrected chi connectivity index (χ2v) is 6.19. The summed E-state index contributed by atoms with van der Waals surface area (Å²) >= 11 is 1.52. The minimum absolute atomic E-state index is 0.166. The fourth-order valence-corrected chi connectivity index (χ4v) is 2.72. The van der Waals surface area contributed by atoms with Crippen molar-refractivity contribution in [3.63, 3.8) is 0 Å². The number of carbonyl (C=O) groups excluding carboxylic acids is 1. The number of nitrogens with zero attached hydrogens (tertiary/aromatic N) is 3. The molecule has 0 atom stereocenters. The van der Waals surface area contributed by atoms with Crippen LogP contribution < -0.4 is 5.32 Å². The van der Waals surface area contributed by atoms with Gasteiger partial charge < -0.3 is 10.2 Å². The highest BCUT2D eigenvalue weighted by Crippen LogP contribution is 2.21. The van der Waals surface area contributed by atoms with Crippen molar-refractivity contribution >= 4 is 23.1 Å². The largest absolute Gasteiger partial charge is 0.322 e. The van der Waals surface area contributed by atoms with E-state index < -0.39 is 5.82 Å². The molecule has 7 heteroatoms. The highest BCUT2D eigenvalue weighted by molar-refractivity contribution is 7.11. The van der Waals surface area contributed by atoms with Crippen molar-refractivity contribution in [1.82, 2.24) is 9.88 Å². The quantitative estimate of drug-likeness (QED) is 0.942. The molecule has 0 aliphatic carbocycles. The van der Waals surface area contributed by atoms with Gasteiger partial charge in [-0.05, 0) is 26.0 Å². The number of hydrogen-bond donors (Lipinski definition) is 1. The molecule has 5 nitrogen and oxygen atoms in total. The molecule has 2 rings (SSSR count). The van der Waals surface area contributed by atoms with Gasteiger partial charge in [-0.25, -0.2) is 14.2 Å². The minimum Gasteiger partial charge on any atom is -0.322 e. The zero-order chi connectivity index (χ0) is 16.3. The zero-order valence-corrected chi connectivity index (χ0v) is 13.3. The second kappa shape index (κ2) is 6.54. The smallest absolute Gasteiger partial charge is 0.321 e. The number of nitrogens with one attached hydrogen (secondary N) is 1. The van der Waals surface area contributed by atoms with Gasteiger partial charge in [-0.15, -0.1) is 11.3 Å². The molecular weight excluding hydrogens is 303 g/mol. The number of benzene rings is 1. The highest BCUT2D eigenvalue weighted by Gasteiger charge is 2.14. The van der Waals surface area contributed by atoms with E-state index in [1.54, 1.807) is 20.2 Å². The molecule has 0 bridgehead atoms. The summed E-state index contributed by atoms with van der Waals surface area (Å²) in [5.74, 6) is -0.518. The van der Waals surface area contributed by atoms with E-state index in [0.717, 1.165) is 16.0 Å². The maximum absolute atomic E-state index is 13.7. The molecule has 1 aromatic carbocycles. The van der Waals surface area contributed by atoms with Crippen molar-refractivity contribution in [1.29, 1.82) is 5.26 Å². The Hall–Kier alpha value is -2.46. The van der Waals surface area contributed by atoms with E-state index in [2.05, 4.69) is 10.3 Å². The van der Waals surface area contributed by atoms with E-state index >= 15 is 0 Å². The molecule has 1 aromatic heterocycles. The Morgan fingerprint density at radius 2 is 2.23 bits per heavy atom. The second-order valence-electron chi connectivity index (χ2n) is 4.87. The van der Waals surface area contributed by atoms with E-state index in [9.17, 15) is 9.18 Å². The number of thiazole rings is 1. The number of amides is 2. The van der Waals surface area contributed by atoms with Gasteiger partial charge in [-0.3, -0.25) is 0 Å². The van der Waals surface area contributed by atoms with Crippen LogP contribution in [-0.4, -0.2) is 23.0 Å². The van der Waals surface area contributed by atoms with Crippen molar-refractivity contribution in [2.24, 2.45) is 0 Å². The summed E-state index contributed by atoms with van der Waals surface area (Å²) in [6, 6.07) is 4.10. The fraction of sp³-hybridized carbons (Fsp3) is 0.267. The monoisotopic (exact) mass is 318 g/mol. The topological polar surface area (TPSA) is 69.0 Å². The highest BCUT2D eigenvalue weighted by atomic mass is 32.1. The van der Waals surface area contributed by atoms with E-state index in [0.29, 0.717) is 17.8 Å². The number of rotatable bonds is 3. The van der Waals surface area contributed by atoms with Gasteiger partial charge in [0.15, 0.2) is 0 Å². The van der Waals surface area contributed by atoms with Gasteiger partial charge >= 0.3 is 6.03 Å². The Morgan fingerprint density at radius 3 is 2.82 bits per heavy atom. The Balaban J connectivity index is 2.11. The Labute approximate surface area is 132 Å². The lowest BCUT2D eigenvalue weighted by molar-refractivity contribution is 0.221. The van der Waals surface area contributed by atoms with Gasteiger partial charge in [0.2, 0.25) is 0 Å². The lowest BCUT2D eigenvalue weighted by Crippen LogP contribution is -2.30. The average Bonchev–Trinajstić information content (AvgIpc) is 2.88. The summed E-state index contributed by atoms with van der Waals surface area (Å²) in [5.41, 5.74) is 0.766. The number of halogens is 1. The van der Waals surface area contributed by atoms with Crippen LogP contribution in [0.15, 0.2) is 18.3 Å². The molecule has 0 spiro atoms. The Kier molecular flexibility index (Phi) is 4.73. The maximum Gasteiger partial charge on any atom is 0.321 e. The third kappa shape index (κ3) is 3.59. The van der Waals surface area contributed by atoms with Gasteiger partial charge in [0.25, 0.3) is 0 Å². The number of carbonyl (C=O) groups is 1. The molecule has 0 radical (unpaired) electrons. The van der Waals surface area contributed by atoms with Crippen LogP contribution in [0.25, 0.3) is 0 Å². The number of aryl methyl sites for hydroxylation is 1. The number of nitriles is 1. The SMILES string of the molecule is Cc1ncc(CN(C)C(=O)Nc2cc(C#N)cc(F)c2C)s1. The molecule has 0 unspecified atom stereocenters. The van der Waals surface area contributed by atoms with Gasteiger partial charge in [0.1, 0.15) is 5.82 Å². The van der Waals surface area contributed by atoms with Crippen molar-refractivity contribution in [2.75, 3.05) is 12.4 Å². The van der Waals surface area contributed by atoms with E-state index in [-0.39, 0.29) is 11.6 Å². The first-order valence-electron chi connectivity index (χ1n) is 6.54. The van der Waals surface area contributed by atoms with E-state index in [1.165, 1.54) is 22.3 Å². The van der Waals surface area contributed by atoms with Crippen LogP contribution in [0.3, 0.4) is 0 Å². The Bertz CT molecular complexity index is 750. The molecule has 2 amide bonds. The van der Waals surface area contributed by atoms with Gasteiger partial charge in [0, 0.05) is 29.4 Å². The molecule has 1 N–H and O–H groups in total. The number of urea groups is 1. The van der Waals surface area contributed by atoms with Crippen molar-refractivity contribution < 1.29 is 9.18 Å². The molecule has 0 saturated heterocycles. The molecular formula is C15H15FN4OS. The summed E-state index contributed by atoms with van der Waals surface area (Å²) in [5, 5.41) is 12.4. The normalized spacial score (nSPS) is 10.1. The first-order valence-corrected chi connectivity index (χ1v) is 7.36. The van der Waals surface area contributed by atoms with Gasteiger partial charge in [-0.2, -0.15) is 5.26 Å². The molecule has 0 fully saturated rings. The molecule has 22 heavy (non-hydrogen) atoms. The fourth-order valence-electron chi connectivity index (χ4n) is 1.87. The molecule has 2 aromatic rings. The molecule has 1 heterocycles. The lowest BCUT2D eigenvalue weighted by Gasteiger charge is -2.18.